The fraction of sp³-hybridized carbons (Fsp3) is 0.667. The van der Waals surface area contributed by atoms with Gasteiger partial charge in [0.15, 0.2) is 0 Å². The van der Waals surface area contributed by atoms with E-state index in [0.29, 0.717) is 23.7 Å². The lowest BCUT2D eigenvalue weighted by Crippen LogP contribution is -2.17. The van der Waals surface area contributed by atoms with Crippen LogP contribution in [-0.2, 0) is 4.79 Å². The Morgan fingerprint density at radius 3 is 2.50 bits per heavy atom. The van der Waals surface area contributed by atoms with Crippen molar-refractivity contribution in [2.45, 2.75) is 13.3 Å². The third-order valence-corrected chi connectivity index (χ3v) is 3.08. The van der Waals surface area contributed by atoms with E-state index in [4.69, 9.17) is 0 Å². The van der Waals surface area contributed by atoms with Gasteiger partial charge in [-0.1, -0.05) is 19.1 Å². The number of carbonyl (C=O) groups excluding carboxylic acids is 1. The van der Waals surface area contributed by atoms with E-state index < -0.39 is 0 Å². The highest BCUT2D eigenvalue weighted by atomic mass is 16.1. The molecule has 2 rings (SSSR count). The molecule has 1 saturated carbocycles. The first-order valence-corrected chi connectivity index (χ1v) is 3.96. The normalized spacial score (nSPS) is 50.1. The maximum absolute atomic E-state index is 10.6. The third-order valence-electron chi connectivity index (χ3n) is 3.08. The van der Waals surface area contributed by atoms with Crippen LogP contribution in [0.3, 0.4) is 0 Å². The van der Waals surface area contributed by atoms with E-state index in [1.165, 1.54) is 6.42 Å². The number of allylic oxidation sites excluding steroid dienone is 2. The molecule has 2 bridgehead atoms. The van der Waals surface area contributed by atoms with Gasteiger partial charge in [-0.25, -0.2) is 0 Å². The van der Waals surface area contributed by atoms with Gasteiger partial charge >= 0.3 is 0 Å². The molecular formula is C9H12O. The molecule has 2 aliphatic carbocycles. The van der Waals surface area contributed by atoms with Crippen molar-refractivity contribution in [1.29, 1.82) is 0 Å². The van der Waals surface area contributed by atoms with Crippen LogP contribution >= 0.6 is 0 Å². The van der Waals surface area contributed by atoms with Crippen LogP contribution in [0.25, 0.3) is 0 Å². The van der Waals surface area contributed by atoms with Crippen molar-refractivity contribution in [2.75, 3.05) is 0 Å². The van der Waals surface area contributed by atoms with Crippen LogP contribution in [0.2, 0.25) is 0 Å². The lowest BCUT2D eigenvalue weighted by Gasteiger charge is -2.18. The van der Waals surface area contributed by atoms with Crippen LogP contribution < -0.4 is 0 Å². The summed E-state index contributed by atoms with van der Waals surface area (Å²) in [7, 11) is 0. The molecule has 1 nitrogen and oxygen atoms in total. The Labute approximate surface area is 61.1 Å². The molecule has 0 aromatic rings. The third kappa shape index (κ3) is 0.606. The Hall–Kier alpha value is -0.590. The minimum Gasteiger partial charge on any atom is -0.303 e. The second-order valence-corrected chi connectivity index (χ2v) is 3.52. The summed E-state index contributed by atoms with van der Waals surface area (Å²) in [5.74, 6) is 2.22. The predicted molar refractivity (Wildman–Crippen MR) is 39.5 cm³/mol. The average Bonchev–Trinajstić information content (AvgIpc) is 2.46. The maximum atomic E-state index is 10.6. The number of rotatable bonds is 1. The highest BCUT2D eigenvalue weighted by Gasteiger charge is 2.41. The lowest BCUT2D eigenvalue weighted by atomic mass is 9.86. The molecule has 0 radical (unpaired) electrons. The summed E-state index contributed by atoms with van der Waals surface area (Å²) in [6.45, 7) is 2.19. The zero-order chi connectivity index (χ0) is 7.14. The summed E-state index contributed by atoms with van der Waals surface area (Å²) in [6.07, 6.45) is 6.85. The van der Waals surface area contributed by atoms with Gasteiger partial charge in [0.2, 0.25) is 0 Å². The van der Waals surface area contributed by atoms with Crippen LogP contribution in [0.4, 0.5) is 0 Å². The summed E-state index contributed by atoms with van der Waals surface area (Å²) in [4.78, 5) is 10.6. The lowest BCUT2D eigenvalue weighted by molar-refractivity contribution is -0.112. The second-order valence-electron chi connectivity index (χ2n) is 3.52. The Bertz CT molecular complexity index is 183. The molecule has 0 heterocycles. The zero-order valence-corrected chi connectivity index (χ0v) is 6.16. The van der Waals surface area contributed by atoms with E-state index in [9.17, 15) is 4.79 Å². The maximum Gasteiger partial charge on any atom is 0.123 e. The molecule has 1 unspecified atom stereocenters. The van der Waals surface area contributed by atoms with Gasteiger partial charge in [-0.2, -0.15) is 0 Å². The Kier molecular flexibility index (Phi) is 1.19. The van der Waals surface area contributed by atoms with Crippen LogP contribution in [0, 0.1) is 23.7 Å². The fourth-order valence-corrected chi connectivity index (χ4v) is 2.33. The molecule has 0 aromatic heterocycles. The van der Waals surface area contributed by atoms with Crippen molar-refractivity contribution in [3.63, 3.8) is 0 Å². The Morgan fingerprint density at radius 2 is 2.10 bits per heavy atom. The fourth-order valence-electron chi connectivity index (χ4n) is 2.33. The Morgan fingerprint density at radius 1 is 1.40 bits per heavy atom. The monoisotopic (exact) mass is 136 g/mol. The van der Waals surface area contributed by atoms with Crippen molar-refractivity contribution in [2.24, 2.45) is 23.7 Å². The van der Waals surface area contributed by atoms with Gasteiger partial charge in [0.05, 0.1) is 0 Å². The van der Waals surface area contributed by atoms with Gasteiger partial charge in [-0.3, -0.25) is 0 Å². The van der Waals surface area contributed by atoms with Gasteiger partial charge in [-0.15, -0.1) is 0 Å². The van der Waals surface area contributed by atoms with Gasteiger partial charge in [0.25, 0.3) is 0 Å². The van der Waals surface area contributed by atoms with Crippen molar-refractivity contribution < 1.29 is 4.79 Å². The van der Waals surface area contributed by atoms with Gasteiger partial charge < -0.3 is 4.79 Å². The molecule has 1 fully saturated rings. The van der Waals surface area contributed by atoms with E-state index in [-0.39, 0.29) is 0 Å². The minimum absolute atomic E-state index is 0.329. The first kappa shape index (κ1) is 6.14. The van der Waals surface area contributed by atoms with Crippen molar-refractivity contribution in [1.82, 2.24) is 0 Å². The van der Waals surface area contributed by atoms with Crippen LogP contribution in [0.1, 0.15) is 13.3 Å². The SMILES string of the molecule is CC1[C@@H]2C=C[C@@H](C2)[C@H]1C=O. The molecule has 0 aromatic carbocycles. The van der Waals surface area contributed by atoms with E-state index in [2.05, 4.69) is 19.1 Å². The molecule has 0 amide bonds. The molecular weight excluding hydrogens is 124 g/mol. The topological polar surface area (TPSA) is 17.1 Å². The van der Waals surface area contributed by atoms with Gasteiger partial charge in [0, 0.05) is 5.92 Å². The largest absolute Gasteiger partial charge is 0.303 e. The number of hydrogen-bond donors (Lipinski definition) is 0. The quantitative estimate of drug-likeness (QED) is 0.395. The second kappa shape index (κ2) is 1.94. The van der Waals surface area contributed by atoms with Gasteiger partial charge in [-0.05, 0) is 24.2 Å². The predicted octanol–water partition coefficient (Wildman–Crippen LogP) is 1.64. The number of hydrogen-bond acceptors (Lipinski definition) is 1. The van der Waals surface area contributed by atoms with Crippen LogP contribution in [-0.4, -0.2) is 6.29 Å². The summed E-state index contributed by atoms with van der Waals surface area (Å²) in [5, 5.41) is 0. The highest BCUT2D eigenvalue weighted by Crippen LogP contribution is 2.46. The molecule has 1 heteroatoms. The number of fused-ring (bicyclic) bond motifs is 2. The summed E-state index contributed by atoms with van der Waals surface area (Å²) in [5.41, 5.74) is 0. The zero-order valence-electron chi connectivity index (χ0n) is 6.16. The van der Waals surface area contributed by atoms with Crippen LogP contribution in [0.15, 0.2) is 12.2 Å². The minimum atomic E-state index is 0.329. The molecule has 0 N–H and O–H groups in total. The first-order valence-electron chi connectivity index (χ1n) is 3.96. The smallest absolute Gasteiger partial charge is 0.123 e. The molecule has 0 saturated heterocycles. The Balaban J connectivity index is 2.25. The molecule has 54 valence electrons. The average molecular weight is 136 g/mol. The van der Waals surface area contributed by atoms with E-state index in [1.807, 2.05) is 0 Å². The van der Waals surface area contributed by atoms with E-state index >= 15 is 0 Å². The van der Waals surface area contributed by atoms with Crippen molar-refractivity contribution >= 4 is 6.29 Å². The van der Waals surface area contributed by atoms with Crippen molar-refractivity contribution in [3.8, 4) is 0 Å². The number of carbonyl (C=O) groups is 1. The summed E-state index contributed by atoms with van der Waals surface area (Å²) in [6, 6.07) is 0. The highest BCUT2D eigenvalue weighted by molar-refractivity contribution is 5.57. The molecule has 0 spiro atoms. The van der Waals surface area contributed by atoms with E-state index in [1.54, 1.807) is 0 Å². The van der Waals surface area contributed by atoms with Crippen molar-refractivity contribution in [3.05, 3.63) is 12.2 Å². The van der Waals surface area contributed by atoms with Gasteiger partial charge in [0.1, 0.15) is 6.29 Å². The summed E-state index contributed by atoms with van der Waals surface area (Å²) >= 11 is 0. The standard InChI is InChI=1S/C9H12O/c1-6-7-2-3-8(4-7)9(6)5-10/h2-3,5-9H,4H2,1H3/t6?,7-,8+,9+/m1/s1. The molecule has 10 heavy (non-hydrogen) atoms. The first-order chi connectivity index (χ1) is 4.83. The van der Waals surface area contributed by atoms with Crippen LogP contribution in [0.5, 0.6) is 0 Å². The number of aldehydes is 1. The summed E-state index contributed by atoms with van der Waals surface area (Å²) < 4.78 is 0. The molecule has 0 aliphatic heterocycles. The molecule has 4 atom stereocenters. The molecule has 2 aliphatic rings. The van der Waals surface area contributed by atoms with E-state index in [0.717, 1.165) is 6.29 Å².